The third-order valence-electron chi connectivity index (χ3n) is 5.77. The summed E-state index contributed by atoms with van der Waals surface area (Å²) in [6.45, 7) is 6.24. The maximum absolute atomic E-state index is 13.0. The van der Waals surface area contributed by atoms with Crippen LogP contribution < -0.4 is 5.32 Å². The number of pyridine rings is 1. The Morgan fingerprint density at radius 1 is 1.18 bits per heavy atom. The first kappa shape index (κ1) is 31.9. The van der Waals surface area contributed by atoms with Gasteiger partial charge in [0.25, 0.3) is 0 Å². The van der Waals surface area contributed by atoms with Gasteiger partial charge in [0.1, 0.15) is 0 Å². The Hall–Kier alpha value is -3.31. The van der Waals surface area contributed by atoms with E-state index in [1.54, 1.807) is 23.7 Å². The van der Waals surface area contributed by atoms with E-state index in [9.17, 15) is 31.1 Å². The van der Waals surface area contributed by atoms with E-state index in [1.165, 1.54) is 4.88 Å². The molecule has 0 unspecified atom stereocenters. The number of hydrogen-bond donors (Lipinski definition) is 3. The number of aryl methyl sites for hydroxylation is 1. The van der Waals surface area contributed by atoms with E-state index < -0.39 is 29.7 Å². The van der Waals surface area contributed by atoms with Crippen LogP contribution in [0.2, 0.25) is 0 Å². The number of nitrogens with one attached hydrogen (secondary N) is 1. The lowest BCUT2D eigenvalue weighted by atomic mass is 9.80. The van der Waals surface area contributed by atoms with E-state index in [4.69, 9.17) is 24.5 Å². The largest absolute Gasteiger partial charge is 0.490 e. The fourth-order valence-electron chi connectivity index (χ4n) is 3.82. The highest BCUT2D eigenvalue weighted by atomic mass is 32.1. The molecule has 39 heavy (non-hydrogen) atoms. The molecule has 1 amide bonds. The maximum atomic E-state index is 13.0. The van der Waals surface area contributed by atoms with Crippen molar-refractivity contribution in [2.24, 2.45) is 11.3 Å². The van der Waals surface area contributed by atoms with Gasteiger partial charge in [-0.1, -0.05) is 6.07 Å². The third-order valence-corrected chi connectivity index (χ3v) is 6.69. The van der Waals surface area contributed by atoms with Crippen molar-refractivity contribution in [3.05, 3.63) is 46.2 Å². The van der Waals surface area contributed by atoms with Crippen molar-refractivity contribution in [1.29, 1.82) is 0 Å². The quantitative estimate of drug-likeness (QED) is 0.451. The number of carbonyl (C=O) groups is 3. The molecule has 2 aromatic heterocycles. The summed E-state index contributed by atoms with van der Waals surface area (Å²) in [5.41, 5.74) is 3.56. The Bertz CT molecular complexity index is 1110. The second-order valence-corrected chi connectivity index (χ2v) is 9.49. The summed E-state index contributed by atoms with van der Waals surface area (Å²) in [4.78, 5) is 42.9. The van der Waals surface area contributed by atoms with Crippen molar-refractivity contribution in [3.8, 4) is 0 Å². The second kappa shape index (κ2) is 13.2. The topological polar surface area (TPSA) is 142 Å². The van der Waals surface area contributed by atoms with Crippen molar-refractivity contribution in [3.63, 3.8) is 0 Å². The molecule has 4 rings (SSSR count). The molecule has 0 aromatic carbocycles. The lowest BCUT2D eigenvalue weighted by molar-refractivity contribution is -0.193. The average Bonchev–Trinajstić information content (AvgIpc) is 3.53. The van der Waals surface area contributed by atoms with Gasteiger partial charge in [-0.2, -0.15) is 26.3 Å². The fourth-order valence-corrected chi connectivity index (χ4v) is 4.64. The van der Waals surface area contributed by atoms with Gasteiger partial charge in [-0.25, -0.2) is 14.6 Å². The summed E-state index contributed by atoms with van der Waals surface area (Å²) >= 11 is 1.69. The highest BCUT2D eigenvalue weighted by Crippen LogP contribution is 2.42. The first-order valence-corrected chi connectivity index (χ1v) is 11.9. The zero-order chi connectivity index (χ0) is 29.4. The highest BCUT2D eigenvalue weighted by molar-refractivity contribution is 7.09. The maximum Gasteiger partial charge on any atom is 0.490 e. The van der Waals surface area contributed by atoms with Crippen LogP contribution in [0.25, 0.3) is 0 Å². The third kappa shape index (κ3) is 9.14. The number of thiazole rings is 1. The molecule has 0 saturated carbocycles. The van der Waals surface area contributed by atoms with Crippen LogP contribution in [0.5, 0.6) is 0 Å². The predicted molar refractivity (Wildman–Crippen MR) is 122 cm³/mol. The van der Waals surface area contributed by atoms with Crippen LogP contribution in [0.15, 0.2) is 30.0 Å². The van der Waals surface area contributed by atoms with Gasteiger partial charge < -0.3 is 20.3 Å². The smallest absolute Gasteiger partial charge is 0.475 e. The van der Waals surface area contributed by atoms with E-state index in [2.05, 4.69) is 20.2 Å². The van der Waals surface area contributed by atoms with Crippen molar-refractivity contribution < 1.29 is 55.7 Å². The van der Waals surface area contributed by atoms with Crippen LogP contribution >= 0.6 is 11.3 Å². The Balaban J connectivity index is 0.000000317. The summed E-state index contributed by atoms with van der Waals surface area (Å²) in [5, 5.41) is 17.3. The van der Waals surface area contributed by atoms with Gasteiger partial charge in [-0.05, 0) is 18.6 Å². The summed E-state index contributed by atoms with van der Waals surface area (Å²) in [6.07, 6.45) is -6.64. The highest BCUT2D eigenvalue weighted by Gasteiger charge is 2.55. The molecule has 2 aromatic rings. The van der Waals surface area contributed by atoms with E-state index in [-0.39, 0.29) is 11.8 Å². The molecule has 2 fully saturated rings. The number of nitrogens with zero attached hydrogens (tertiary/aromatic N) is 3. The lowest BCUT2D eigenvalue weighted by Gasteiger charge is -2.26. The zero-order valence-electron chi connectivity index (χ0n) is 20.3. The van der Waals surface area contributed by atoms with Crippen molar-refractivity contribution in [1.82, 2.24) is 20.2 Å². The second-order valence-electron chi connectivity index (χ2n) is 8.55. The minimum atomic E-state index is -5.08. The van der Waals surface area contributed by atoms with Gasteiger partial charge in [0, 0.05) is 49.4 Å². The molecule has 0 aliphatic carbocycles. The van der Waals surface area contributed by atoms with Crippen molar-refractivity contribution in [2.45, 2.75) is 32.4 Å². The van der Waals surface area contributed by atoms with Gasteiger partial charge in [0.2, 0.25) is 5.91 Å². The molecule has 0 spiro atoms. The molecule has 0 bridgehead atoms. The first-order valence-electron chi connectivity index (χ1n) is 11.0. The fraction of sp³-hybridized carbons (Fsp3) is 0.500. The van der Waals surface area contributed by atoms with Crippen molar-refractivity contribution >= 4 is 29.2 Å². The van der Waals surface area contributed by atoms with Gasteiger partial charge in [-0.15, -0.1) is 11.3 Å². The van der Waals surface area contributed by atoms with Gasteiger partial charge in [0.05, 0.1) is 29.8 Å². The molecule has 3 N–H and O–H groups in total. The predicted octanol–water partition coefficient (Wildman–Crippen LogP) is 2.88. The summed E-state index contributed by atoms with van der Waals surface area (Å²) in [5.74, 6) is -5.16. The molecule has 2 atom stereocenters. The SMILES string of the molecule is Cc1ncsc1CN1C[C@@H]2COC[C@]2(C(=O)NCc2cccnc2)C1.O=C(O)C(F)(F)F.O=C(O)C(F)(F)F. The van der Waals surface area contributed by atoms with Crippen LogP contribution in [0.1, 0.15) is 16.1 Å². The number of halogens is 6. The number of hydrogen-bond acceptors (Lipinski definition) is 8. The average molecular weight is 587 g/mol. The molecule has 17 heteroatoms. The first-order chi connectivity index (χ1) is 18.1. The van der Waals surface area contributed by atoms with E-state index in [1.807, 2.05) is 24.6 Å². The Morgan fingerprint density at radius 2 is 1.79 bits per heavy atom. The number of alkyl halides is 6. The van der Waals surface area contributed by atoms with Crippen LogP contribution in [0.4, 0.5) is 26.3 Å². The number of rotatable bonds is 5. The number of amides is 1. The number of fused-ring (bicyclic) bond motifs is 1. The molecule has 0 radical (unpaired) electrons. The molecule has 216 valence electrons. The Kier molecular flexibility index (Phi) is 10.8. The number of carboxylic acid groups (broad SMARTS) is 2. The normalized spacial score (nSPS) is 20.6. The van der Waals surface area contributed by atoms with Gasteiger partial charge in [-0.3, -0.25) is 14.7 Å². The number of carboxylic acids is 2. The zero-order valence-corrected chi connectivity index (χ0v) is 21.1. The Morgan fingerprint density at radius 3 is 2.28 bits per heavy atom. The Labute approximate surface area is 221 Å². The molecular weight excluding hydrogens is 562 g/mol. The van der Waals surface area contributed by atoms with E-state index in [0.29, 0.717) is 19.8 Å². The summed E-state index contributed by atoms with van der Waals surface area (Å²) < 4.78 is 69.2. The summed E-state index contributed by atoms with van der Waals surface area (Å²) in [6, 6.07) is 3.86. The standard InChI is InChI=1S/C18H22N4O2S.2C2HF3O2/c1-13-16(25-12-21-13)8-22-7-15-9-24-11-18(15,10-22)17(23)20-6-14-3-2-4-19-5-14;2*3-2(4,5)1(6)7/h2-5,12,15H,6-11H2,1H3,(H,20,23);2*(H,6,7)/t15-,18-;;/m1../s1. The van der Waals surface area contributed by atoms with Crippen LogP contribution in [-0.2, 0) is 32.2 Å². The van der Waals surface area contributed by atoms with Gasteiger partial charge >= 0.3 is 24.3 Å². The van der Waals surface area contributed by atoms with Crippen LogP contribution in [0, 0.1) is 18.3 Å². The molecular formula is C22H24F6N4O6S. The minimum absolute atomic E-state index is 0.0994. The number of likely N-dealkylation sites (tertiary alicyclic amines) is 1. The molecule has 2 aliphatic heterocycles. The van der Waals surface area contributed by atoms with Crippen LogP contribution in [-0.4, -0.2) is 81.6 Å². The number of ether oxygens (including phenoxy) is 1. The number of carbonyl (C=O) groups excluding carboxylic acids is 1. The molecule has 10 nitrogen and oxygen atoms in total. The molecule has 4 heterocycles. The molecule has 2 saturated heterocycles. The monoisotopic (exact) mass is 586 g/mol. The van der Waals surface area contributed by atoms with Gasteiger partial charge in [0.15, 0.2) is 0 Å². The van der Waals surface area contributed by atoms with Crippen molar-refractivity contribution in [2.75, 3.05) is 26.3 Å². The van der Waals surface area contributed by atoms with E-state index in [0.717, 1.165) is 30.9 Å². The number of aromatic nitrogens is 2. The van der Waals surface area contributed by atoms with Crippen LogP contribution in [0.3, 0.4) is 0 Å². The molecule has 2 aliphatic rings. The number of aliphatic carboxylic acids is 2. The minimum Gasteiger partial charge on any atom is -0.475 e. The van der Waals surface area contributed by atoms with E-state index >= 15 is 0 Å². The lowest BCUT2D eigenvalue weighted by Crippen LogP contribution is -2.46. The summed E-state index contributed by atoms with van der Waals surface area (Å²) in [7, 11) is 0.